The number of esters is 1. The number of allylic oxidation sites excluding steroid dienone is 4. The van der Waals surface area contributed by atoms with Crippen molar-refractivity contribution >= 4 is 17.5 Å². The molecule has 0 bridgehead atoms. The molecule has 0 aliphatic heterocycles. The molecule has 0 rings (SSSR count). The summed E-state index contributed by atoms with van der Waals surface area (Å²) in [5.74, 6) is 2.23. The summed E-state index contributed by atoms with van der Waals surface area (Å²) in [4.78, 5) is 35.7. The van der Waals surface area contributed by atoms with Crippen LogP contribution in [0.3, 0.4) is 0 Å². The van der Waals surface area contributed by atoms with Gasteiger partial charge in [0.15, 0.2) is 0 Å². The van der Waals surface area contributed by atoms with Gasteiger partial charge in [0.1, 0.15) is 11.6 Å². The molecule has 0 radical (unpaired) electrons. The predicted octanol–water partition coefficient (Wildman–Crippen LogP) is 19.9. The number of carbonyl (C=O) groups is 3. The Balaban J connectivity index is -0.000000407. The van der Waals surface area contributed by atoms with E-state index in [-0.39, 0.29) is 11.9 Å². The Kier molecular flexibility index (Phi) is 66.2. The molecule has 0 heterocycles. The molecule has 0 spiro atoms. The van der Waals surface area contributed by atoms with Gasteiger partial charge in [-0.3, -0.25) is 9.59 Å². The zero-order valence-electron chi connectivity index (χ0n) is 47.3. The van der Waals surface area contributed by atoms with E-state index in [0.29, 0.717) is 30.5 Å². The first-order chi connectivity index (χ1) is 32.4. The summed E-state index contributed by atoms with van der Waals surface area (Å²) >= 11 is 0. The topological polar surface area (TPSA) is 63.7 Å². The molecule has 0 aliphatic carbocycles. The zero-order chi connectivity index (χ0) is 50.9. The molecule has 0 amide bonds. The maximum atomic E-state index is 11.7. The normalized spacial score (nSPS) is 11.8. The Bertz CT molecular complexity index is 1030. The van der Waals surface area contributed by atoms with E-state index in [1.807, 2.05) is 6.08 Å². The fourth-order valence-corrected chi connectivity index (χ4v) is 8.37. The van der Waals surface area contributed by atoms with Gasteiger partial charge in [0.05, 0.1) is 6.61 Å². The monoisotopic (exact) mass is 944 g/mol. The fraction of sp³-hybridized carbons (Fsp3) is 0.855. The summed E-state index contributed by atoms with van der Waals surface area (Å²) < 4.78 is 5.24. The van der Waals surface area contributed by atoms with E-state index in [1.165, 1.54) is 167 Å². The van der Waals surface area contributed by atoms with Crippen LogP contribution in [0.1, 0.15) is 299 Å². The minimum Gasteiger partial charge on any atom is -0.466 e. The van der Waals surface area contributed by atoms with Crippen molar-refractivity contribution in [3.63, 3.8) is 0 Å². The lowest BCUT2D eigenvalue weighted by Crippen LogP contribution is -2.19. The second-order valence-electron chi connectivity index (χ2n) is 20.2. The lowest BCUT2D eigenvalue weighted by molar-refractivity contribution is -0.144. The summed E-state index contributed by atoms with van der Waals surface area (Å²) in [6.45, 7) is 26.2. The molecule has 0 fully saturated rings. The second kappa shape index (κ2) is 62.0. The maximum Gasteiger partial charge on any atom is 0.305 e. The zero-order valence-corrected chi connectivity index (χ0v) is 47.3. The average Bonchev–Trinajstić information content (AvgIpc) is 3.30. The van der Waals surface area contributed by atoms with Crippen LogP contribution in [0.5, 0.6) is 0 Å². The standard InChI is InChI=1S/C19H38.C18H36O2.C17H33NO.C8H14O/c1-4-7-9-11-13-15-17-19(6-3)18-16-14-12-10-8-5-2;1-3-5-7-9-10-11-12-13-15-17-20-18(19)16-14-8-6-4-2;1-6-12-15(2)17(16(3)19)13-10-8-7-9-11-14-18(4)5;1-3-4-5-6-7-8(2)9/h6,19H,3-5,7-18H2,1-2H3;3-17H2,1-2H3;7-8,15,17H,6,9-14H2,1-5H3;3H,1,4-7H2,2H3/b;;8-7-;/t;;15?,17-;/m..1./s1. The molecule has 0 saturated carbocycles. The van der Waals surface area contributed by atoms with Gasteiger partial charge in [-0.15, -0.1) is 13.2 Å². The number of ether oxygens (including phenoxy) is 1. The van der Waals surface area contributed by atoms with E-state index in [0.717, 1.165) is 83.1 Å². The summed E-state index contributed by atoms with van der Waals surface area (Å²) in [5.41, 5.74) is 0. The Hall–Kier alpha value is -2.01. The molecule has 0 aromatic heterocycles. The molecule has 5 heteroatoms. The molecule has 1 unspecified atom stereocenters. The first-order valence-corrected chi connectivity index (χ1v) is 29.1. The van der Waals surface area contributed by atoms with Crippen molar-refractivity contribution in [1.82, 2.24) is 4.90 Å². The Morgan fingerprint density at radius 1 is 0.493 bits per heavy atom. The second-order valence-corrected chi connectivity index (χ2v) is 20.2. The SMILES string of the molecule is C=CC(CCCCCCCC)CCCCCCCC.C=CCCCCC(C)=O.CCCC(C)[C@@H](CC/C=C\CCCN(C)C)C(C)=O.CCCCCCCCCCCOC(=O)CCCCCC. The third-order valence-corrected chi connectivity index (χ3v) is 12.9. The van der Waals surface area contributed by atoms with E-state index in [9.17, 15) is 14.4 Å². The van der Waals surface area contributed by atoms with Crippen LogP contribution < -0.4 is 0 Å². The Morgan fingerprint density at radius 2 is 0.940 bits per heavy atom. The van der Waals surface area contributed by atoms with E-state index < -0.39 is 0 Å². The third-order valence-electron chi connectivity index (χ3n) is 12.9. The molecule has 0 aromatic rings. The number of rotatable bonds is 46. The molecule has 0 aromatic carbocycles. The van der Waals surface area contributed by atoms with Crippen LogP contribution in [0, 0.1) is 17.8 Å². The molecular weight excluding hydrogens is 823 g/mol. The van der Waals surface area contributed by atoms with E-state index >= 15 is 0 Å². The van der Waals surface area contributed by atoms with Gasteiger partial charge in [-0.1, -0.05) is 226 Å². The van der Waals surface area contributed by atoms with Crippen LogP contribution in [0.25, 0.3) is 0 Å². The highest BCUT2D eigenvalue weighted by Gasteiger charge is 2.20. The smallest absolute Gasteiger partial charge is 0.305 e. The number of hydrogen-bond donors (Lipinski definition) is 0. The molecule has 5 nitrogen and oxygen atoms in total. The highest BCUT2D eigenvalue weighted by atomic mass is 16.5. The summed E-state index contributed by atoms with van der Waals surface area (Å²) in [5, 5.41) is 0. The van der Waals surface area contributed by atoms with Gasteiger partial charge in [-0.2, -0.15) is 0 Å². The fourth-order valence-electron chi connectivity index (χ4n) is 8.37. The number of unbranched alkanes of at least 4 members (excludes halogenated alkanes) is 24. The van der Waals surface area contributed by atoms with Crippen LogP contribution in [0.2, 0.25) is 0 Å². The van der Waals surface area contributed by atoms with E-state index in [2.05, 4.69) is 91.9 Å². The molecule has 67 heavy (non-hydrogen) atoms. The summed E-state index contributed by atoms with van der Waals surface area (Å²) in [7, 11) is 4.21. The van der Waals surface area contributed by atoms with Gasteiger partial charge in [-0.05, 0) is 117 Å². The first-order valence-electron chi connectivity index (χ1n) is 29.1. The van der Waals surface area contributed by atoms with Crippen LogP contribution in [0.4, 0.5) is 0 Å². The predicted molar refractivity (Wildman–Crippen MR) is 300 cm³/mol. The van der Waals surface area contributed by atoms with Crippen molar-refractivity contribution in [2.75, 3.05) is 27.2 Å². The van der Waals surface area contributed by atoms with Crippen molar-refractivity contribution < 1.29 is 19.1 Å². The van der Waals surface area contributed by atoms with Gasteiger partial charge in [0.2, 0.25) is 0 Å². The van der Waals surface area contributed by atoms with Crippen molar-refractivity contribution in [3.05, 3.63) is 37.5 Å². The Morgan fingerprint density at radius 3 is 1.37 bits per heavy atom. The van der Waals surface area contributed by atoms with Crippen LogP contribution in [-0.2, 0) is 19.1 Å². The van der Waals surface area contributed by atoms with E-state index in [1.54, 1.807) is 13.8 Å². The van der Waals surface area contributed by atoms with Crippen molar-refractivity contribution in [2.45, 2.75) is 299 Å². The van der Waals surface area contributed by atoms with Gasteiger partial charge in [-0.25, -0.2) is 0 Å². The molecule has 2 atom stereocenters. The highest BCUT2D eigenvalue weighted by Crippen LogP contribution is 2.24. The molecule has 398 valence electrons. The number of Topliss-reactive ketones (excluding diaryl/α,β-unsaturated/α-hetero) is 2. The van der Waals surface area contributed by atoms with Crippen LogP contribution >= 0.6 is 0 Å². The Labute approximate surface area is 421 Å². The molecular formula is C62H121NO4. The van der Waals surface area contributed by atoms with Crippen molar-refractivity contribution in [1.29, 1.82) is 0 Å². The minimum atomic E-state index is 0.000619. The number of hydrogen-bond acceptors (Lipinski definition) is 5. The average molecular weight is 945 g/mol. The number of ketones is 2. The minimum absolute atomic E-state index is 0.000619. The molecule has 0 saturated heterocycles. The lowest BCUT2D eigenvalue weighted by Gasteiger charge is -2.20. The highest BCUT2D eigenvalue weighted by molar-refractivity contribution is 5.78. The van der Waals surface area contributed by atoms with Gasteiger partial charge in [0, 0.05) is 18.8 Å². The van der Waals surface area contributed by atoms with Crippen LogP contribution in [-0.4, -0.2) is 49.7 Å². The van der Waals surface area contributed by atoms with E-state index in [4.69, 9.17) is 4.74 Å². The van der Waals surface area contributed by atoms with Gasteiger partial charge in [0.25, 0.3) is 0 Å². The maximum absolute atomic E-state index is 11.7. The van der Waals surface area contributed by atoms with Crippen molar-refractivity contribution in [2.24, 2.45) is 17.8 Å². The molecule has 0 N–H and O–H groups in total. The van der Waals surface area contributed by atoms with Gasteiger partial charge < -0.3 is 14.4 Å². The van der Waals surface area contributed by atoms with Crippen molar-refractivity contribution in [3.8, 4) is 0 Å². The van der Waals surface area contributed by atoms with Crippen LogP contribution in [0.15, 0.2) is 37.5 Å². The van der Waals surface area contributed by atoms with Gasteiger partial charge >= 0.3 is 5.97 Å². The number of carbonyl (C=O) groups excluding carboxylic acids is 3. The third kappa shape index (κ3) is 66.1. The molecule has 0 aliphatic rings. The number of nitrogens with zero attached hydrogens (tertiary/aromatic N) is 1. The summed E-state index contributed by atoms with van der Waals surface area (Å²) in [6, 6.07) is 0. The first kappa shape index (κ1) is 71.5. The largest absolute Gasteiger partial charge is 0.466 e. The summed E-state index contributed by atoms with van der Waals surface area (Å²) in [6.07, 6.45) is 55.9. The lowest BCUT2D eigenvalue weighted by atomic mass is 9.84. The quantitative estimate of drug-likeness (QED) is 0.0346.